The number of ether oxygens (including phenoxy) is 10. The number of benzene rings is 4. The molecule has 3 heterocycles. The van der Waals surface area contributed by atoms with E-state index in [1.54, 1.807) is 0 Å². The largest absolute Gasteiger partial charge is 0.507 e. The van der Waals surface area contributed by atoms with Gasteiger partial charge in [0.15, 0.2) is 36.2 Å². The maximum absolute atomic E-state index is 14.2. The highest BCUT2D eigenvalue weighted by molar-refractivity contribution is 9.09. The summed E-state index contributed by atoms with van der Waals surface area (Å²) in [6.07, 6.45) is -4.44. The molecule has 4 aromatic rings. The molecule has 0 bridgehead atoms. The summed E-state index contributed by atoms with van der Waals surface area (Å²) in [6, 6.07) is 14.3. The first-order valence-corrected chi connectivity index (χ1v) is 28.7. The summed E-state index contributed by atoms with van der Waals surface area (Å²) in [7, 11) is 2.87. The fraction of sp³-hybridized carbons (Fsp3) is 0.526. The second-order valence-corrected chi connectivity index (χ2v) is 21.2. The zero-order chi connectivity index (χ0) is 56.0. The van der Waals surface area contributed by atoms with Gasteiger partial charge >= 0.3 is 0 Å². The molecule has 3 aliphatic heterocycles. The number of Topliss-reactive ketones (excluding diaryl/α,β-unsaturated/α-hetero) is 2. The molecule has 426 valence electrons. The van der Waals surface area contributed by atoms with E-state index in [4.69, 9.17) is 47.4 Å². The van der Waals surface area contributed by atoms with E-state index in [-0.39, 0.29) is 78.6 Å². The number of carbonyl (C=O) groups excluding carboxylic acids is 5. The first-order chi connectivity index (χ1) is 38.2. The number of aromatic hydroxyl groups is 2. The Morgan fingerprint density at radius 2 is 1.49 bits per heavy atom. The number of ketones is 4. The average Bonchev–Trinajstić information content (AvgIpc) is 4.02. The Hall–Kier alpha value is -4.79. The zero-order valence-electron chi connectivity index (χ0n) is 44.3. The Bertz CT molecular complexity index is 2920. The van der Waals surface area contributed by atoms with Gasteiger partial charge in [0, 0.05) is 91.3 Å². The molecule has 0 aromatic heterocycles. The van der Waals surface area contributed by atoms with Crippen LogP contribution in [0.2, 0.25) is 0 Å². The van der Waals surface area contributed by atoms with Crippen LogP contribution in [0.5, 0.6) is 17.2 Å². The predicted molar refractivity (Wildman–Crippen MR) is 290 cm³/mol. The van der Waals surface area contributed by atoms with Crippen molar-refractivity contribution in [3.05, 3.63) is 98.6 Å². The first kappa shape index (κ1) is 58.9. The number of fused-ring (bicyclic) bond motifs is 7. The van der Waals surface area contributed by atoms with E-state index >= 15 is 0 Å². The predicted octanol–water partition coefficient (Wildman–Crippen LogP) is 5.90. The lowest BCUT2D eigenvalue weighted by Gasteiger charge is -2.43. The number of hydrogen-bond acceptors (Lipinski definition) is 19. The molecular formula is C57H66Br2N2O18. The third-order valence-electron chi connectivity index (χ3n) is 15.2. The lowest BCUT2D eigenvalue weighted by molar-refractivity contribution is -0.256. The van der Waals surface area contributed by atoms with Crippen molar-refractivity contribution in [2.24, 2.45) is 0 Å². The number of hydrogen-bond donors (Lipinski definition) is 4. The second kappa shape index (κ2) is 26.4. The molecule has 4 N–H and O–H groups in total. The van der Waals surface area contributed by atoms with Crippen LogP contribution >= 0.6 is 31.9 Å². The molecule has 79 heavy (non-hydrogen) atoms. The van der Waals surface area contributed by atoms with E-state index in [1.807, 2.05) is 25.1 Å². The number of phenolic OH excluding ortho intramolecular Hbond substituents is 2. The van der Waals surface area contributed by atoms with Crippen LogP contribution in [0.15, 0.2) is 48.5 Å². The summed E-state index contributed by atoms with van der Waals surface area (Å²) in [6.45, 7) is 4.58. The Morgan fingerprint density at radius 3 is 2.19 bits per heavy atom. The van der Waals surface area contributed by atoms with Gasteiger partial charge in [0.2, 0.25) is 5.78 Å². The van der Waals surface area contributed by atoms with Gasteiger partial charge in [-0.3, -0.25) is 28.9 Å². The van der Waals surface area contributed by atoms with Crippen LogP contribution in [0.25, 0.3) is 10.8 Å². The Morgan fingerprint density at radius 1 is 0.810 bits per heavy atom. The molecule has 3 fully saturated rings. The molecule has 1 amide bonds. The molecule has 0 unspecified atom stereocenters. The van der Waals surface area contributed by atoms with E-state index in [0.717, 1.165) is 21.4 Å². The van der Waals surface area contributed by atoms with E-state index in [9.17, 15) is 39.3 Å². The summed E-state index contributed by atoms with van der Waals surface area (Å²) in [5.74, 6) is -4.14. The lowest BCUT2D eigenvalue weighted by Crippen LogP contribution is -2.55. The lowest BCUT2D eigenvalue weighted by atomic mass is 9.72. The van der Waals surface area contributed by atoms with Crippen molar-refractivity contribution in [3.63, 3.8) is 0 Å². The highest BCUT2D eigenvalue weighted by Crippen LogP contribution is 2.53. The smallest absolute Gasteiger partial charge is 0.252 e. The van der Waals surface area contributed by atoms with Crippen molar-refractivity contribution in [2.75, 3.05) is 86.8 Å². The number of morpholine rings is 1. The highest BCUT2D eigenvalue weighted by atomic mass is 79.9. The SMILES string of the molecule is COc1cccc2c1C(=O)c1c(O)c3c(c(O)c1C2=O)C[C@@](O)(C(=O)NCC(=O)CCOCCOCCOCCOCCCC(=O)c1ccc2cc(CBr)c(CBr)cc2c1)C[C@@H]3O[C@H]1C[C@H]2[C@H](O[C@@H]3[C@@H](OC)OCCN32)[C@H](C)O1. The number of alkyl halides is 2. The third-order valence-corrected chi connectivity index (χ3v) is 16.4. The summed E-state index contributed by atoms with van der Waals surface area (Å²) in [4.78, 5) is 70.4. The normalized spacial score (nSPS) is 24.4. The molecule has 0 radical (unpaired) electrons. The summed E-state index contributed by atoms with van der Waals surface area (Å²) >= 11 is 7.10. The van der Waals surface area contributed by atoms with E-state index < -0.39 is 102 Å². The molecule has 0 spiro atoms. The van der Waals surface area contributed by atoms with Crippen molar-refractivity contribution in [1.82, 2.24) is 10.2 Å². The Balaban J connectivity index is 0.723. The fourth-order valence-electron chi connectivity index (χ4n) is 11.2. The Kier molecular flexibility index (Phi) is 19.7. The fourth-order valence-corrected chi connectivity index (χ4v) is 12.2. The van der Waals surface area contributed by atoms with Crippen molar-refractivity contribution < 1.29 is 86.7 Å². The third kappa shape index (κ3) is 12.7. The number of phenols is 2. The number of halogens is 2. The van der Waals surface area contributed by atoms with Crippen LogP contribution in [0.3, 0.4) is 0 Å². The Labute approximate surface area is 473 Å². The minimum atomic E-state index is -2.36. The van der Waals surface area contributed by atoms with E-state index in [1.165, 1.54) is 43.5 Å². The van der Waals surface area contributed by atoms with Crippen LogP contribution in [0, 0.1) is 0 Å². The maximum Gasteiger partial charge on any atom is 0.252 e. The number of nitrogens with one attached hydrogen (secondary N) is 1. The van der Waals surface area contributed by atoms with Gasteiger partial charge in [0.1, 0.15) is 29.0 Å². The minimum Gasteiger partial charge on any atom is -0.507 e. The van der Waals surface area contributed by atoms with Crippen LogP contribution < -0.4 is 10.1 Å². The number of methoxy groups -OCH3 is 2. The summed E-state index contributed by atoms with van der Waals surface area (Å²) in [5.41, 5.74) is -0.690. The molecule has 9 rings (SSSR count). The molecule has 8 atom stereocenters. The highest BCUT2D eigenvalue weighted by Gasteiger charge is 2.55. The topological polar surface area (TPSA) is 254 Å². The molecular weight excluding hydrogens is 1160 g/mol. The molecule has 22 heteroatoms. The number of aliphatic hydroxyl groups is 1. The van der Waals surface area contributed by atoms with Gasteiger partial charge in [-0.05, 0) is 53.4 Å². The van der Waals surface area contributed by atoms with Crippen molar-refractivity contribution in [1.29, 1.82) is 0 Å². The maximum atomic E-state index is 14.2. The standard InChI is InChI=1S/C57H66Br2N2O18/c1-31-53-40(61-12-15-76-55(71-3)54(61)79-53)25-44(77-31)78-43-27-57(69,26-39-46(43)52(67)48-47(50(39)65)49(64)38-6-4-8-42(70-2)45(38)51(48)66)56(68)60-30-37(62)11-14-73-17-19-75-21-20-74-18-16-72-13-5-7-41(63)33-10-9-32-22-35(28-58)36(29-59)24-34(32)23-33/h4,6,8-10,22-24,31,40,43-44,53-55,65,67,69H,5,7,11-21,25-30H2,1-3H3,(H,60,68)/t31-,40-,43-,44-,53+,54+,55-,57-/m0/s1. The molecule has 2 aliphatic carbocycles. The molecule has 0 saturated carbocycles. The first-order valence-electron chi connectivity index (χ1n) is 26.5. The monoisotopic (exact) mass is 1220 g/mol. The summed E-state index contributed by atoms with van der Waals surface area (Å²) < 4.78 is 58.4. The van der Waals surface area contributed by atoms with E-state index in [2.05, 4.69) is 54.2 Å². The van der Waals surface area contributed by atoms with Crippen molar-refractivity contribution in [3.8, 4) is 17.2 Å². The van der Waals surface area contributed by atoms with Gasteiger partial charge in [0.25, 0.3) is 5.91 Å². The second-order valence-electron chi connectivity index (χ2n) is 20.1. The van der Waals surface area contributed by atoms with Gasteiger partial charge in [-0.2, -0.15) is 0 Å². The number of nitrogens with zero attached hydrogens (tertiary/aromatic N) is 1. The van der Waals surface area contributed by atoms with Crippen LogP contribution in [0.1, 0.15) is 110 Å². The minimum absolute atomic E-state index is 0.0357. The summed E-state index contributed by atoms with van der Waals surface area (Å²) in [5, 5.41) is 42.5. The quantitative estimate of drug-likeness (QED) is 0.0218. The number of amides is 1. The van der Waals surface area contributed by atoms with Gasteiger partial charge in [0.05, 0.1) is 95.4 Å². The van der Waals surface area contributed by atoms with Gasteiger partial charge < -0.3 is 68.0 Å². The van der Waals surface area contributed by atoms with Crippen LogP contribution in [0.4, 0.5) is 0 Å². The van der Waals surface area contributed by atoms with Crippen molar-refractivity contribution in [2.45, 2.75) is 105 Å². The van der Waals surface area contributed by atoms with Gasteiger partial charge in [-0.1, -0.05) is 62.2 Å². The van der Waals surface area contributed by atoms with Crippen LogP contribution in [-0.2, 0) is 69.3 Å². The van der Waals surface area contributed by atoms with E-state index in [0.29, 0.717) is 64.6 Å². The zero-order valence-corrected chi connectivity index (χ0v) is 47.4. The number of carbonyl (C=O) groups is 5. The molecule has 20 nitrogen and oxygen atoms in total. The average molecular weight is 1230 g/mol. The molecule has 5 aliphatic rings. The van der Waals surface area contributed by atoms with Gasteiger partial charge in [-0.25, -0.2) is 0 Å². The molecule has 3 saturated heterocycles. The van der Waals surface area contributed by atoms with Gasteiger partial charge in [-0.15, -0.1) is 0 Å². The van der Waals surface area contributed by atoms with Crippen LogP contribution in [-0.4, -0.2) is 179 Å². The number of rotatable bonds is 26. The molecule has 4 aromatic carbocycles. The van der Waals surface area contributed by atoms with Crippen molar-refractivity contribution >= 4 is 71.7 Å².